The van der Waals surface area contributed by atoms with Crippen molar-refractivity contribution in [3.05, 3.63) is 58.6 Å². The Kier molecular flexibility index (Phi) is 10.4. The maximum absolute atomic E-state index is 14.7. The average molecular weight is 568 g/mol. The minimum atomic E-state index is -5.13. The molecule has 0 radical (unpaired) electrons. The molecule has 0 fully saturated rings. The van der Waals surface area contributed by atoms with Gasteiger partial charge in [0.1, 0.15) is 11.5 Å². The van der Waals surface area contributed by atoms with E-state index in [0.717, 1.165) is 18.2 Å². The van der Waals surface area contributed by atoms with Crippen LogP contribution in [0.1, 0.15) is 18.1 Å². The molecule has 0 saturated carbocycles. The van der Waals surface area contributed by atoms with Crippen molar-refractivity contribution in [1.82, 2.24) is 4.90 Å². The maximum Gasteiger partial charge on any atom is 0.461 e. The summed E-state index contributed by atoms with van der Waals surface area (Å²) < 4.78 is 128. The van der Waals surface area contributed by atoms with E-state index in [9.17, 15) is 44.6 Å². The van der Waals surface area contributed by atoms with Gasteiger partial charge in [0, 0.05) is 18.1 Å². The lowest BCUT2D eigenvalue weighted by molar-refractivity contribution is -0.253. The van der Waals surface area contributed by atoms with Crippen molar-refractivity contribution < 1.29 is 54.1 Å². The van der Waals surface area contributed by atoms with E-state index in [2.05, 4.69) is 4.74 Å². The summed E-state index contributed by atoms with van der Waals surface area (Å²) in [5.41, 5.74) is 0.510. The van der Waals surface area contributed by atoms with Gasteiger partial charge in [-0.2, -0.15) is 30.7 Å². The molecule has 0 saturated heterocycles. The third-order valence-corrected chi connectivity index (χ3v) is 5.29. The van der Waals surface area contributed by atoms with E-state index in [1.54, 1.807) is 6.92 Å². The minimum absolute atomic E-state index is 0.0487. The second-order valence-corrected chi connectivity index (χ2v) is 8.50. The van der Waals surface area contributed by atoms with Gasteiger partial charge in [-0.15, -0.1) is 0 Å². The van der Waals surface area contributed by atoms with Crippen molar-refractivity contribution in [2.24, 2.45) is 0 Å². The predicted octanol–water partition coefficient (Wildman–Crippen LogP) is 6.58. The third kappa shape index (κ3) is 9.78. The van der Waals surface area contributed by atoms with E-state index in [1.165, 1.54) is 24.3 Å². The first-order chi connectivity index (χ1) is 17.0. The SMILES string of the molecule is CCc1cc(OCC(F)(F)CN(Cc2cccc(OC(F)(F)C(F)F)c2)CC(O)C(F)(F)F)ccc1Cl. The molecular formula is C23H23ClF9NO3. The van der Waals surface area contributed by atoms with Crippen molar-refractivity contribution in [2.75, 3.05) is 19.7 Å². The largest absolute Gasteiger partial charge is 0.487 e. The molecule has 0 heterocycles. The van der Waals surface area contributed by atoms with Crippen molar-refractivity contribution in [1.29, 1.82) is 0 Å². The second-order valence-electron chi connectivity index (χ2n) is 8.09. The summed E-state index contributed by atoms with van der Waals surface area (Å²) in [7, 11) is 0. The molecule has 14 heteroatoms. The zero-order valence-electron chi connectivity index (χ0n) is 19.2. The van der Waals surface area contributed by atoms with Crippen molar-refractivity contribution in [3.8, 4) is 11.5 Å². The summed E-state index contributed by atoms with van der Waals surface area (Å²) in [6, 6.07) is 8.12. The zero-order chi connectivity index (χ0) is 28.0. The van der Waals surface area contributed by atoms with Crippen molar-refractivity contribution in [2.45, 2.75) is 50.6 Å². The van der Waals surface area contributed by atoms with E-state index in [1.807, 2.05) is 0 Å². The lowest BCUT2D eigenvalue weighted by atomic mass is 10.1. The maximum atomic E-state index is 14.7. The Labute approximate surface area is 211 Å². The van der Waals surface area contributed by atoms with Gasteiger partial charge in [-0.05, 0) is 47.9 Å². The smallest absolute Gasteiger partial charge is 0.461 e. The molecule has 2 aromatic carbocycles. The standard InChI is InChI=1S/C23H23ClF9NO3/c1-2-15-9-16(6-7-18(15)24)36-13-21(27,28)12-34(11-19(35)22(29,30)31)10-14-4-3-5-17(8-14)37-23(32,33)20(25)26/h3-9,19-20,35H,2,10-13H2,1H3. The molecule has 1 unspecified atom stereocenters. The number of nitrogens with zero attached hydrogens (tertiary/aromatic N) is 1. The van der Waals surface area contributed by atoms with Crippen LogP contribution in [0.2, 0.25) is 5.02 Å². The van der Waals surface area contributed by atoms with Crippen LogP contribution in [-0.4, -0.2) is 60.4 Å². The Morgan fingerprint density at radius 2 is 1.65 bits per heavy atom. The lowest BCUT2D eigenvalue weighted by Gasteiger charge is -2.30. The minimum Gasteiger partial charge on any atom is -0.487 e. The fraction of sp³-hybridized carbons (Fsp3) is 0.478. The first kappa shape index (κ1) is 30.8. The number of halogens is 10. The van der Waals surface area contributed by atoms with Crippen molar-refractivity contribution >= 4 is 11.6 Å². The quantitative estimate of drug-likeness (QED) is 0.278. The number of hydrogen-bond donors (Lipinski definition) is 1. The topological polar surface area (TPSA) is 41.9 Å². The zero-order valence-corrected chi connectivity index (χ0v) is 20.0. The van der Waals surface area contributed by atoms with Gasteiger partial charge in [0.05, 0.1) is 6.54 Å². The number of ether oxygens (including phenoxy) is 2. The van der Waals surface area contributed by atoms with Crippen LogP contribution in [-0.2, 0) is 13.0 Å². The van der Waals surface area contributed by atoms with Crippen LogP contribution in [0.4, 0.5) is 39.5 Å². The molecule has 0 aliphatic carbocycles. The van der Waals surface area contributed by atoms with Crippen LogP contribution < -0.4 is 9.47 Å². The average Bonchev–Trinajstić information content (AvgIpc) is 2.77. The van der Waals surface area contributed by atoms with E-state index in [0.29, 0.717) is 21.9 Å². The second kappa shape index (κ2) is 12.4. The third-order valence-electron chi connectivity index (χ3n) is 4.92. The number of aryl methyl sites for hydroxylation is 1. The van der Waals surface area contributed by atoms with Gasteiger partial charge in [-0.25, -0.2) is 8.78 Å². The van der Waals surface area contributed by atoms with Crippen LogP contribution in [0.15, 0.2) is 42.5 Å². The summed E-state index contributed by atoms with van der Waals surface area (Å²) in [4.78, 5) is 0.533. The Hall–Kier alpha value is -2.38. The monoisotopic (exact) mass is 567 g/mol. The molecule has 0 amide bonds. The first-order valence-corrected chi connectivity index (χ1v) is 11.1. The van der Waals surface area contributed by atoms with Crippen LogP contribution in [0.5, 0.6) is 11.5 Å². The number of benzene rings is 2. The van der Waals surface area contributed by atoms with Crippen LogP contribution >= 0.6 is 11.6 Å². The highest BCUT2D eigenvalue weighted by molar-refractivity contribution is 6.31. The fourth-order valence-electron chi connectivity index (χ4n) is 3.17. The predicted molar refractivity (Wildman–Crippen MR) is 117 cm³/mol. The Morgan fingerprint density at radius 3 is 2.24 bits per heavy atom. The molecular weight excluding hydrogens is 545 g/mol. The molecule has 37 heavy (non-hydrogen) atoms. The summed E-state index contributed by atoms with van der Waals surface area (Å²) >= 11 is 5.97. The molecule has 0 aliphatic rings. The normalized spacial score (nSPS) is 13.8. The van der Waals surface area contributed by atoms with Gasteiger partial charge < -0.3 is 14.6 Å². The van der Waals surface area contributed by atoms with Gasteiger partial charge in [0.2, 0.25) is 0 Å². The van der Waals surface area contributed by atoms with E-state index >= 15 is 0 Å². The molecule has 2 aromatic rings. The number of hydrogen-bond acceptors (Lipinski definition) is 4. The van der Waals surface area contributed by atoms with Gasteiger partial charge >= 0.3 is 18.7 Å². The molecule has 2 rings (SSSR count). The van der Waals surface area contributed by atoms with E-state index in [4.69, 9.17) is 16.3 Å². The van der Waals surface area contributed by atoms with Gasteiger partial charge in [0.25, 0.3) is 5.92 Å². The summed E-state index contributed by atoms with van der Waals surface area (Å²) in [6.45, 7) is -2.77. The Bertz CT molecular complexity index is 1020. The van der Waals surface area contributed by atoms with Crippen LogP contribution in [0.25, 0.3) is 0 Å². The lowest BCUT2D eigenvalue weighted by Crippen LogP contribution is -2.46. The molecule has 0 aromatic heterocycles. The number of aliphatic hydroxyl groups excluding tert-OH is 1. The first-order valence-electron chi connectivity index (χ1n) is 10.7. The van der Waals surface area contributed by atoms with Crippen LogP contribution in [0.3, 0.4) is 0 Å². The highest BCUT2D eigenvalue weighted by Crippen LogP contribution is 2.30. The summed E-state index contributed by atoms with van der Waals surface area (Å²) in [6.07, 6.45) is -16.7. The number of alkyl halides is 9. The molecule has 1 N–H and O–H groups in total. The van der Waals surface area contributed by atoms with Crippen LogP contribution in [0, 0.1) is 0 Å². The highest BCUT2D eigenvalue weighted by atomic mass is 35.5. The molecule has 0 aliphatic heterocycles. The molecule has 0 spiro atoms. The Morgan fingerprint density at radius 1 is 0.973 bits per heavy atom. The summed E-state index contributed by atoms with van der Waals surface area (Å²) in [5.74, 6) is -4.44. The highest BCUT2D eigenvalue weighted by Gasteiger charge is 2.44. The molecule has 4 nitrogen and oxygen atoms in total. The van der Waals surface area contributed by atoms with Gasteiger partial charge in [0.15, 0.2) is 12.7 Å². The van der Waals surface area contributed by atoms with Crippen molar-refractivity contribution in [3.63, 3.8) is 0 Å². The van der Waals surface area contributed by atoms with Gasteiger partial charge in [-0.1, -0.05) is 30.7 Å². The molecule has 208 valence electrons. The molecule has 0 bridgehead atoms. The molecule has 1 atom stereocenters. The number of rotatable bonds is 13. The summed E-state index contributed by atoms with van der Waals surface area (Å²) in [5, 5.41) is 9.82. The van der Waals surface area contributed by atoms with E-state index in [-0.39, 0.29) is 11.3 Å². The number of aliphatic hydroxyl groups is 1. The van der Waals surface area contributed by atoms with Gasteiger partial charge in [-0.3, -0.25) is 4.90 Å². The fourth-order valence-corrected chi connectivity index (χ4v) is 3.43. The van der Waals surface area contributed by atoms with E-state index < -0.39 is 62.7 Å². The Balaban J connectivity index is 2.18.